The molecule has 1 aliphatic rings. The van der Waals surface area contributed by atoms with Crippen molar-refractivity contribution in [3.8, 4) is 0 Å². The summed E-state index contributed by atoms with van der Waals surface area (Å²) in [5.74, 6) is -3.18. The Bertz CT molecular complexity index is 608. The number of nitrogens with one attached hydrogen (secondary N) is 1. The highest BCUT2D eigenvalue weighted by Crippen LogP contribution is 2.23. The number of carboxylic acid groups (broad SMARTS) is 1. The maximum absolute atomic E-state index is 13.4. The highest BCUT2D eigenvalue weighted by atomic mass is 35.5. The summed E-state index contributed by atoms with van der Waals surface area (Å²) in [7, 11) is 0. The Morgan fingerprint density at radius 2 is 2.19 bits per heavy atom. The zero-order valence-electron chi connectivity index (χ0n) is 10.8. The van der Waals surface area contributed by atoms with Crippen LogP contribution in [0.5, 0.6) is 0 Å². The van der Waals surface area contributed by atoms with Crippen molar-refractivity contribution in [2.24, 2.45) is 0 Å². The SMILES string of the molecule is O=C(O)CC1C(=O)NCCN1C(=O)c1cccc(F)c1Cl. The number of rotatable bonds is 3. The lowest BCUT2D eigenvalue weighted by Crippen LogP contribution is -2.57. The van der Waals surface area contributed by atoms with Crippen LogP contribution in [-0.4, -0.2) is 46.9 Å². The molecule has 0 spiro atoms. The zero-order valence-corrected chi connectivity index (χ0v) is 11.6. The van der Waals surface area contributed by atoms with Crippen molar-refractivity contribution in [3.63, 3.8) is 0 Å². The first-order chi connectivity index (χ1) is 9.91. The number of aliphatic carboxylic acids is 1. The number of amides is 2. The minimum atomic E-state index is -1.21. The highest BCUT2D eigenvalue weighted by molar-refractivity contribution is 6.34. The molecule has 1 aliphatic heterocycles. The maximum atomic E-state index is 13.4. The molecule has 2 N–H and O–H groups in total. The van der Waals surface area contributed by atoms with Gasteiger partial charge in [-0.1, -0.05) is 17.7 Å². The van der Waals surface area contributed by atoms with Gasteiger partial charge in [-0.25, -0.2) is 4.39 Å². The van der Waals surface area contributed by atoms with Crippen molar-refractivity contribution < 1.29 is 23.9 Å². The Kier molecular flexibility index (Phi) is 4.42. The van der Waals surface area contributed by atoms with Gasteiger partial charge in [-0.3, -0.25) is 14.4 Å². The molecule has 1 aromatic carbocycles. The molecule has 8 heteroatoms. The van der Waals surface area contributed by atoms with Crippen molar-refractivity contribution in [1.29, 1.82) is 0 Å². The van der Waals surface area contributed by atoms with E-state index in [2.05, 4.69) is 5.32 Å². The summed E-state index contributed by atoms with van der Waals surface area (Å²) >= 11 is 5.76. The molecule has 1 aromatic rings. The minimum absolute atomic E-state index is 0.0956. The van der Waals surface area contributed by atoms with Crippen LogP contribution in [0.1, 0.15) is 16.8 Å². The molecule has 0 saturated carbocycles. The van der Waals surface area contributed by atoms with Gasteiger partial charge in [-0.2, -0.15) is 0 Å². The Labute approximate surface area is 124 Å². The Balaban J connectivity index is 2.32. The van der Waals surface area contributed by atoms with E-state index < -0.39 is 36.1 Å². The number of nitrogens with zero attached hydrogens (tertiary/aromatic N) is 1. The molecule has 1 fully saturated rings. The molecule has 1 unspecified atom stereocenters. The monoisotopic (exact) mass is 314 g/mol. The molecule has 1 saturated heterocycles. The van der Waals surface area contributed by atoms with Crippen LogP contribution < -0.4 is 5.32 Å². The van der Waals surface area contributed by atoms with Crippen LogP contribution >= 0.6 is 11.6 Å². The molecule has 2 amide bonds. The van der Waals surface area contributed by atoms with Crippen LogP contribution in [-0.2, 0) is 9.59 Å². The number of hydrogen-bond donors (Lipinski definition) is 2. The van der Waals surface area contributed by atoms with Gasteiger partial charge >= 0.3 is 5.97 Å². The topological polar surface area (TPSA) is 86.7 Å². The number of hydrogen-bond acceptors (Lipinski definition) is 3. The van der Waals surface area contributed by atoms with Crippen molar-refractivity contribution in [2.75, 3.05) is 13.1 Å². The van der Waals surface area contributed by atoms with Gasteiger partial charge in [0.1, 0.15) is 11.9 Å². The van der Waals surface area contributed by atoms with Crippen molar-refractivity contribution in [2.45, 2.75) is 12.5 Å². The summed E-state index contributed by atoms with van der Waals surface area (Å²) in [4.78, 5) is 36.1. The summed E-state index contributed by atoms with van der Waals surface area (Å²) in [5.41, 5.74) is -0.0956. The van der Waals surface area contributed by atoms with Gasteiger partial charge in [0, 0.05) is 13.1 Å². The van der Waals surface area contributed by atoms with Crippen LogP contribution in [0.3, 0.4) is 0 Å². The number of carbonyl (C=O) groups is 3. The predicted molar refractivity (Wildman–Crippen MR) is 71.5 cm³/mol. The lowest BCUT2D eigenvalue weighted by molar-refractivity contribution is -0.142. The second-order valence-electron chi connectivity index (χ2n) is 4.50. The largest absolute Gasteiger partial charge is 0.481 e. The van der Waals surface area contributed by atoms with E-state index in [1.54, 1.807) is 0 Å². The summed E-state index contributed by atoms with van der Waals surface area (Å²) in [6.07, 6.45) is -0.523. The number of halogens is 2. The van der Waals surface area contributed by atoms with Crippen molar-refractivity contribution >= 4 is 29.4 Å². The van der Waals surface area contributed by atoms with E-state index in [4.69, 9.17) is 16.7 Å². The fourth-order valence-corrected chi connectivity index (χ4v) is 2.36. The number of benzene rings is 1. The highest BCUT2D eigenvalue weighted by Gasteiger charge is 2.35. The molecular formula is C13H12ClFN2O4. The first kappa shape index (κ1) is 15.2. The molecule has 0 aliphatic carbocycles. The van der Waals surface area contributed by atoms with Crippen LogP contribution in [0.4, 0.5) is 4.39 Å². The predicted octanol–water partition coefficient (Wildman–Crippen LogP) is 0.894. The van der Waals surface area contributed by atoms with E-state index >= 15 is 0 Å². The fraction of sp³-hybridized carbons (Fsp3) is 0.308. The zero-order chi connectivity index (χ0) is 15.6. The first-order valence-electron chi connectivity index (χ1n) is 6.16. The normalized spacial score (nSPS) is 18.3. The van der Waals surface area contributed by atoms with E-state index in [1.165, 1.54) is 12.1 Å². The molecular weight excluding hydrogens is 303 g/mol. The van der Waals surface area contributed by atoms with Crippen molar-refractivity contribution in [1.82, 2.24) is 10.2 Å². The molecule has 112 valence electrons. The Morgan fingerprint density at radius 1 is 1.48 bits per heavy atom. The fourth-order valence-electron chi connectivity index (χ4n) is 2.15. The number of carbonyl (C=O) groups excluding carboxylic acids is 2. The second kappa shape index (κ2) is 6.09. The average molecular weight is 315 g/mol. The molecule has 2 rings (SSSR count). The van der Waals surface area contributed by atoms with Gasteiger partial charge in [0.15, 0.2) is 0 Å². The summed E-state index contributed by atoms with van der Waals surface area (Å²) < 4.78 is 13.4. The van der Waals surface area contributed by atoms with Gasteiger partial charge in [0.25, 0.3) is 5.91 Å². The molecule has 6 nitrogen and oxygen atoms in total. The molecule has 1 heterocycles. The lowest BCUT2D eigenvalue weighted by Gasteiger charge is -2.34. The van der Waals surface area contributed by atoms with E-state index in [0.717, 1.165) is 11.0 Å². The van der Waals surface area contributed by atoms with E-state index in [0.29, 0.717) is 0 Å². The summed E-state index contributed by atoms with van der Waals surface area (Å²) in [6, 6.07) is 2.63. The molecule has 0 bridgehead atoms. The van der Waals surface area contributed by atoms with E-state index in [9.17, 15) is 18.8 Å². The smallest absolute Gasteiger partial charge is 0.305 e. The number of piperazine rings is 1. The molecule has 0 radical (unpaired) electrons. The van der Waals surface area contributed by atoms with Crippen molar-refractivity contribution in [3.05, 3.63) is 34.6 Å². The Morgan fingerprint density at radius 3 is 2.86 bits per heavy atom. The first-order valence-corrected chi connectivity index (χ1v) is 6.54. The Hall–Kier alpha value is -2.15. The van der Waals surface area contributed by atoms with Gasteiger partial charge in [0.2, 0.25) is 5.91 Å². The van der Waals surface area contributed by atoms with Gasteiger partial charge in [-0.15, -0.1) is 0 Å². The second-order valence-corrected chi connectivity index (χ2v) is 4.88. The minimum Gasteiger partial charge on any atom is -0.481 e. The maximum Gasteiger partial charge on any atom is 0.305 e. The molecule has 1 atom stereocenters. The van der Waals surface area contributed by atoms with E-state index in [-0.39, 0.29) is 23.7 Å². The third-order valence-electron chi connectivity index (χ3n) is 3.14. The molecule has 21 heavy (non-hydrogen) atoms. The summed E-state index contributed by atoms with van der Waals surface area (Å²) in [5, 5.41) is 11.0. The third kappa shape index (κ3) is 3.13. The van der Waals surface area contributed by atoms with Crippen LogP contribution in [0, 0.1) is 5.82 Å². The van der Waals surface area contributed by atoms with Crippen LogP contribution in [0.15, 0.2) is 18.2 Å². The van der Waals surface area contributed by atoms with E-state index in [1.807, 2.05) is 0 Å². The van der Waals surface area contributed by atoms with Crippen LogP contribution in [0.25, 0.3) is 0 Å². The molecule has 0 aromatic heterocycles. The van der Waals surface area contributed by atoms with Gasteiger partial charge in [-0.05, 0) is 12.1 Å². The lowest BCUT2D eigenvalue weighted by atomic mass is 10.1. The number of carboxylic acids is 1. The average Bonchev–Trinajstić information content (AvgIpc) is 2.43. The standard InChI is InChI=1S/C13H12ClFN2O4/c14-11-7(2-1-3-8(11)15)13(21)17-5-4-16-12(20)9(17)6-10(18)19/h1-3,9H,4-6H2,(H,16,20)(H,18,19). The quantitative estimate of drug-likeness (QED) is 0.867. The summed E-state index contributed by atoms with van der Waals surface area (Å²) in [6.45, 7) is 0.336. The van der Waals surface area contributed by atoms with Gasteiger partial charge < -0.3 is 15.3 Å². The third-order valence-corrected chi connectivity index (χ3v) is 3.53. The van der Waals surface area contributed by atoms with Crippen LogP contribution in [0.2, 0.25) is 5.02 Å². The van der Waals surface area contributed by atoms with Gasteiger partial charge in [0.05, 0.1) is 17.0 Å².